The first-order valence-electron chi connectivity index (χ1n) is 9.02. The summed E-state index contributed by atoms with van der Waals surface area (Å²) in [5, 5.41) is 6.67. The SMILES string of the molecule is C[C@@H]1[C@@H](C)CCC[C@@H]1[NH+]1CNC(Nc2nc3ccccc3o2)=[NH+]C1. The van der Waals surface area contributed by atoms with Gasteiger partial charge in [0.2, 0.25) is 0 Å². The molecule has 0 saturated heterocycles. The van der Waals surface area contributed by atoms with Crippen LogP contribution < -0.4 is 20.5 Å². The molecule has 1 aromatic heterocycles. The van der Waals surface area contributed by atoms with E-state index in [2.05, 4.69) is 34.5 Å². The van der Waals surface area contributed by atoms with Gasteiger partial charge in [-0.3, -0.25) is 4.90 Å². The average molecular weight is 329 g/mol. The number of rotatable bonds is 2. The van der Waals surface area contributed by atoms with Gasteiger partial charge in [0, 0.05) is 5.92 Å². The van der Waals surface area contributed by atoms with E-state index < -0.39 is 0 Å². The molecule has 1 saturated carbocycles. The van der Waals surface area contributed by atoms with E-state index >= 15 is 0 Å². The number of guanidine groups is 1. The molecule has 128 valence electrons. The van der Waals surface area contributed by atoms with Gasteiger partial charge in [-0.05, 0) is 37.3 Å². The predicted molar refractivity (Wildman–Crippen MR) is 93.4 cm³/mol. The molecular weight excluding hydrogens is 302 g/mol. The van der Waals surface area contributed by atoms with Gasteiger partial charge in [-0.15, -0.1) is 0 Å². The first-order valence-corrected chi connectivity index (χ1v) is 9.02. The Morgan fingerprint density at radius 3 is 2.96 bits per heavy atom. The standard InChI is InChI=1S/C18H25N5O/c1-12-6-5-8-15(13(12)2)23-10-19-17(20-11-23)22-18-21-14-7-3-4-9-16(14)24-18/h3-4,7,9,12-13,15H,5-6,8,10-11H2,1-2H3,(H2,19,20,21,22)/p+2/t12-,13+,15-/m0/s1. The lowest BCUT2D eigenvalue weighted by molar-refractivity contribution is -1.00. The minimum absolute atomic E-state index is 0.523. The average Bonchev–Trinajstić information content (AvgIpc) is 3.00. The van der Waals surface area contributed by atoms with Gasteiger partial charge in [0.15, 0.2) is 18.9 Å². The van der Waals surface area contributed by atoms with Crippen molar-refractivity contribution in [2.45, 2.75) is 39.2 Å². The van der Waals surface area contributed by atoms with E-state index in [1.807, 2.05) is 24.3 Å². The van der Waals surface area contributed by atoms with Crippen LogP contribution in [0.5, 0.6) is 0 Å². The summed E-state index contributed by atoms with van der Waals surface area (Å²) in [4.78, 5) is 9.50. The van der Waals surface area contributed by atoms with Gasteiger partial charge in [0.1, 0.15) is 5.52 Å². The van der Waals surface area contributed by atoms with Crippen LogP contribution in [0.2, 0.25) is 0 Å². The fourth-order valence-electron chi connectivity index (χ4n) is 4.07. The monoisotopic (exact) mass is 329 g/mol. The Hall–Kier alpha value is -2.08. The maximum Gasteiger partial charge on any atom is 0.365 e. The lowest BCUT2D eigenvalue weighted by atomic mass is 9.77. The maximum absolute atomic E-state index is 5.72. The second-order valence-corrected chi connectivity index (χ2v) is 7.23. The lowest BCUT2D eigenvalue weighted by Gasteiger charge is -2.38. The van der Waals surface area contributed by atoms with Crippen LogP contribution in [0, 0.1) is 11.8 Å². The van der Waals surface area contributed by atoms with Gasteiger partial charge in [0.05, 0.1) is 6.04 Å². The van der Waals surface area contributed by atoms with Crippen LogP contribution in [0.3, 0.4) is 0 Å². The number of quaternary nitrogens is 1. The molecule has 2 heterocycles. The highest BCUT2D eigenvalue weighted by Gasteiger charge is 2.36. The molecule has 1 fully saturated rings. The van der Waals surface area contributed by atoms with Crippen molar-refractivity contribution in [3.05, 3.63) is 24.3 Å². The van der Waals surface area contributed by atoms with Crippen molar-refractivity contribution in [2.24, 2.45) is 11.8 Å². The summed E-state index contributed by atoms with van der Waals surface area (Å²) in [5.74, 6) is 2.49. The molecule has 1 aromatic carbocycles. The van der Waals surface area contributed by atoms with E-state index in [4.69, 9.17) is 4.42 Å². The molecular formula is C18H27N5O+2. The Bertz CT molecular complexity index is 707. The van der Waals surface area contributed by atoms with Crippen LogP contribution in [0.15, 0.2) is 28.7 Å². The summed E-state index contributed by atoms with van der Waals surface area (Å²) < 4.78 is 5.72. The normalized spacial score (nSPS) is 30.7. The molecule has 6 heteroatoms. The van der Waals surface area contributed by atoms with E-state index in [1.54, 1.807) is 4.90 Å². The summed E-state index contributed by atoms with van der Waals surface area (Å²) in [5.41, 5.74) is 1.67. The number of nitrogens with one attached hydrogen (secondary N) is 4. The third-order valence-corrected chi connectivity index (χ3v) is 5.74. The highest BCUT2D eigenvalue weighted by atomic mass is 16.4. The molecule has 6 nitrogen and oxygen atoms in total. The first-order chi connectivity index (χ1) is 11.7. The number of nitrogens with zero attached hydrogens (tertiary/aromatic N) is 1. The third-order valence-electron chi connectivity index (χ3n) is 5.74. The zero-order chi connectivity index (χ0) is 16.5. The van der Waals surface area contributed by atoms with Gasteiger partial charge < -0.3 is 4.42 Å². The second-order valence-electron chi connectivity index (χ2n) is 7.23. The minimum atomic E-state index is 0.523. The molecule has 2 aromatic rings. The number of hydrogen-bond donors (Lipinski definition) is 4. The molecule has 1 aliphatic carbocycles. The van der Waals surface area contributed by atoms with Gasteiger partial charge >= 0.3 is 12.0 Å². The van der Waals surface area contributed by atoms with Crippen molar-refractivity contribution < 1.29 is 14.3 Å². The largest absolute Gasteiger partial charge is 0.412 e. The van der Waals surface area contributed by atoms with Gasteiger partial charge in [-0.25, -0.2) is 10.3 Å². The van der Waals surface area contributed by atoms with Crippen molar-refractivity contribution in [3.8, 4) is 0 Å². The van der Waals surface area contributed by atoms with Crippen LogP contribution in [0.1, 0.15) is 33.1 Å². The number of oxazole rings is 1. The van der Waals surface area contributed by atoms with E-state index in [0.717, 1.165) is 48.3 Å². The van der Waals surface area contributed by atoms with E-state index in [-0.39, 0.29) is 0 Å². The summed E-state index contributed by atoms with van der Waals surface area (Å²) in [7, 11) is 0. The highest BCUT2D eigenvalue weighted by Crippen LogP contribution is 2.27. The van der Waals surface area contributed by atoms with Crippen molar-refractivity contribution in [1.29, 1.82) is 0 Å². The van der Waals surface area contributed by atoms with Gasteiger partial charge in [-0.1, -0.05) is 26.0 Å². The second kappa shape index (κ2) is 6.43. The summed E-state index contributed by atoms with van der Waals surface area (Å²) >= 11 is 0. The Morgan fingerprint density at radius 1 is 1.29 bits per heavy atom. The maximum atomic E-state index is 5.72. The Labute approximate surface area is 142 Å². The minimum Gasteiger partial charge on any atom is -0.412 e. The molecule has 1 unspecified atom stereocenters. The van der Waals surface area contributed by atoms with Crippen LogP contribution in [0.4, 0.5) is 6.01 Å². The van der Waals surface area contributed by atoms with Gasteiger partial charge in [-0.2, -0.15) is 10.3 Å². The van der Waals surface area contributed by atoms with Gasteiger partial charge in [0.25, 0.3) is 0 Å². The molecule has 4 atom stereocenters. The summed E-state index contributed by atoms with van der Waals surface area (Å²) in [6, 6.07) is 9.06. The van der Waals surface area contributed by atoms with Crippen molar-refractivity contribution in [2.75, 3.05) is 18.7 Å². The van der Waals surface area contributed by atoms with Crippen LogP contribution in [0.25, 0.3) is 11.1 Å². The van der Waals surface area contributed by atoms with Crippen molar-refractivity contribution in [3.63, 3.8) is 0 Å². The molecule has 0 radical (unpaired) electrons. The van der Waals surface area contributed by atoms with Crippen LogP contribution in [-0.4, -0.2) is 30.3 Å². The number of anilines is 1. The molecule has 0 spiro atoms. The molecule has 0 amide bonds. The Kier molecular flexibility index (Phi) is 4.14. The Balaban J connectivity index is 1.41. The summed E-state index contributed by atoms with van der Waals surface area (Å²) in [6.45, 7) is 6.67. The quantitative estimate of drug-likeness (QED) is 0.621. The first kappa shape index (κ1) is 15.4. The van der Waals surface area contributed by atoms with Crippen molar-refractivity contribution in [1.82, 2.24) is 10.3 Å². The van der Waals surface area contributed by atoms with E-state index in [9.17, 15) is 0 Å². The smallest absolute Gasteiger partial charge is 0.365 e. The van der Waals surface area contributed by atoms with Crippen LogP contribution in [-0.2, 0) is 0 Å². The van der Waals surface area contributed by atoms with E-state index in [0.29, 0.717) is 6.01 Å². The molecule has 1 aliphatic heterocycles. The van der Waals surface area contributed by atoms with E-state index in [1.165, 1.54) is 19.3 Å². The number of para-hydroxylation sites is 2. The summed E-state index contributed by atoms with van der Waals surface area (Å²) in [6.07, 6.45) is 4.07. The molecule has 0 bridgehead atoms. The molecule has 4 rings (SSSR count). The molecule has 2 aliphatic rings. The fourth-order valence-corrected chi connectivity index (χ4v) is 4.07. The Morgan fingerprint density at radius 2 is 2.17 bits per heavy atom. The fraction of sp³-hybridized carbons (Fsp3) is 0.556. The molecule has 4 N–H and O–H groups in total. The highest BCUT2D eigenvalue weighted by molar-refractivity contribution is 5.88. The number of hydrogen-bond acceptors (Lipinski definition) is 4. The van der Waals surface area contributed by atoms with Crippen molar-refractivity contribution >= 4 is 23.1 Å². The van der Waals surface area contributed by atoms with Crippen LogP contribution >= 0.6 is 0 Å². The lowest BCUT2D eigenvalue weighted by Crippen LogP contribution is -3.27. The number of aromatic nitrogens is 1. The molecule has 24 heavy (non-hydrogen) atoms. The number of fused-ring (bicyclic) bond motifs is 1. The topological polar surface area (TPSA) is 68.5 Å². The predicted octanol–water partition coefficient (Wildman–Crippen LogP) is -0.0959. The number of benzene rings is 1. The zero-order valence-electron chi connectivity index (χ0n) is 14.4. The third kappa shape index (κ3) is 2.98. The zero-order valence-corrected chi connectivity index (χ0v) is 14.4.